The van der Waals surface area contributed by atoms with E-state index in [0.717, 1.165) is 30.7 Å². The Balaban J connectivity index is 1.55. The van der Waals surface area contributed by atoms with Crippen LogP contribution in [0.3, 0.4) is 0 Å². The minimum absolute atomic E-state index is 0.0497. The molecule has 1 aliphatic heterocycles. The minimum Gasteiger partial charge on any atom is -0.348 e. The van der Waals surface area contributed by atoms with Gasteiger partial charge in [-0.25, -0.2) is 0 Å². The minimum atomic E-state index is -0.204. The molecule has 2 N–H and O–H groups in total. The van der Waals surface area contributed by atoms with E-state index >= 15 is 0 Å². The zero-order chi connectivity index (χ0) is 16.4. The van der Waals surface area contributed by atoms with Gasteiger partial charge in [0.25, 0.3) is 11.8 Å². The second kappa shape index (κ2) is 6.71. The number of amides is 2. The van der Waals surface area contributed by atoms with E-state index in [1.807, 2.05) is 24.9 Å². The van der Waals surface area contributed by atoms with Crippen molar-refractivity contribution in [1.82, 2.24) is 10.2 Å². The van der Waals surface area contributed by atoms with Crippen molar-refractivity contribution in [2.24, 2.45) is 0 Å². The highest BCUT2D eigenvalue weighted by molar-refractivity contribution is 5.81. The van der Waals surface area contributed by atoms with Crippen molar-refractivity contribution < 1.29 is 14.5 Å². The van der Waals surface area contributed by atoms with Crippen LogP contribution in [0.1, 0.15) is 30.9 Å². The molecule has 1 aliphatic carbocycles. The Labute approximate surface area is 137 Å². The van der Waals surface area contributed by atoms with E-state index in [9.17, 15) is 9.59 Å². The second-order valence-electron chi connectivity index (χ2n) is 6.87. The van der Waals surface area contributed by atoms with Gasteiger partial charge in [-0.3, -0.25) is 9.59 Å². The Morgan fingerprint density at radius 3 is 2.70 bits per heavy atom. The lowest BCUT2D eigenvalue weighted by Gasteiger charge is -2.32. The molecule has 5 heteroatoms. The SMILES string of the molecule is C[C@@H](C(=O)N1CCc2ccccc2C1)[NH+](C)CC(=O)NC1CC1. The van der Waals surface area contributed by atoms with E-state index in [2.05, 4.69) is 23.5 Å². The van der Waals surface area contributed by atoms with Crippen LogP contribution in [0.2, 0.25) is 0 Å². The molecule has 3 rings (SSSR count). The number of hydrogen-bond donors (Lipinski definition) is 2. The number of benzene rings is 1. The summed E-state index contributed by atoms with van der Waals surface area (Å²) in [4.78, 5) is 27.5. The lowest BCUT2D eigenvalue weighted by molar-refractivity contribution is -0.886. The van der Waals surface area contributed by atoms with Crippen molar-refractivity contribution in [3.8, 4) is 0 Å². The van der Waals surface area contributed by atoms with Gasteiger partial charge in [0, 0.05) is 19.1 Å². The molecular formula is C18H26N3O2+. The molecule has 5 nitrogen and oxygen atoms in total. The highest BCUT2D eigenvalue weighted by atomic mass is 16.2. The van der Waals surface area contributed by atoms with Gasteiger partial charge >= 0.3 is 0 Å². The molecule has 124 valence electrons. The number of rotatable bonds is 5. The van der Waals surface area contributed by atoms with Crippen LogP contribution < -0.4 is 10.2 Å². The molecular weight excluding hydrogens is 290 g/mol. The summed E-state index contributed by atoms with van der Waals surface area (Å²) in [5.41, 5.74) is 2.58. The fourth-order valence-electron chi connectivity index (χ4n) is 3.08. The summed E-state index contributed by atoms with van der Waals surface area (Å²) in [6.45, 7) is 3.72. The van der Waals surface area contributed by atoms with Gasteiger partial charge in [-0.2, -0.15) is 0 Å². The summed E-state index contributed by atoms with van der Waals surface area (Å²) >= 11 is 0. The van der Waals surface area contributed by atoms with Gasteiger partial charge in [0.1, 0.15) is 0 Å². The van der Waals surface area contributed by atoms with E-state index in [1.54, 1.807) is 0 Å². The van der Waals surface area contributed by atoms with Crippen molar-refractivity contribution in [2.45, 2.75) is 44.8 Å². The number of nitrogens with zero attached hydrogens (tertiary/aromatic N) is 1. The van der Waals surface area contributed by atoms with Gasteiger partial charge in [0.15, 0.2) is 12.6 Å². The zero-order valence-electron chi connectivity index (χ0n) is 14.0. The van der Waals surface area contributed by atoms with E-state index in [1.165, 1.54) is 11.1 Å². The van der Waals surface area contributed by atoms with Crippen LogP contribution in [0.15, 0.2) is 24.3 Å². The molecule has 23 heavy (non-hydrogen) atoms. The van der Waals surface area contributed by atoms with Gasteiger partial charge in [0.2, 0.25) is 0 Å². The standard InChI is InChI=1S/C18H25N3O2/c1-13(20(2)12-17(22)19-16-7-8-16)18(23)21-10-9-14-5-3-4-6-15(14)11-21/h3-6,13,16H,7-12H2,1-2H3,(H,19,22)/p+1/t13-/m0/s1. The summed E-state index contributed by atoms with van der Waals surface area (Å²) < 4.78 is 0. The molecule has 1 unspecified atom stereocenters. The summed E-state index contributed by atoms with van der Waals surface area (Å²) in [5.74, 6) is 0.185. The summed E-state index contributed by atoms with van der Waals surface area (Å²) in [5, 5.41) is 2.99. The Hall–Kier alpha value is -1.88. The third-order valence-corrected chi connectivity index (χ3v) is 4.93. The summed E-state index contributed by atoms with van der Waals surface area (Å²) in [6.07, 6.45) is 3.09. The predicted molar refractivity (Wildman–Crippen MR) is 87.9 cm³/mol. The van der Waals surface area contributed by atoms with Crippen LogP contribution in [0.25, 0.3) is 0 Å². The molecule has 0 saturated heterocycles. The van der Waals surface area contributed by atoms with Crippen LogP contribution in [0.4, 0.5) is 0 Å². The summed E-state index contributed by atoms with van der Waals surface area (Å²) in [7, 11) is 1.92. The molecule has 0 spiro atoms. The number of hydrogen-bond acceptors (Lipinski definition) is 2. The first-order valence-electron chi connectivity index (χ1n) is 8.52. The fourth-order valence-corrected chi connectivity index (χ4v) is 3.08. The molecule has 2 atom stereocenters. The fraction of sp³-hybridized carbons (Fsp3) is 0.556. The maximum atomic E-state index is 12.7. The maximum Gasteiger partial charge on any atom is 0.280 e. The Morgan fingerprint density at radius 2 is 2.00 bits per heavy atom. The normalized spacial score (nSPS) is 19.7. The van der Waals surface area contributed by atoms with Crippen LogP contribution in [0.5, 0.6) is 0 Å². The van der Waals surface area contributed by atoms with Crippen molar-refractivity contribution in [3.05, 3.63) is 35.4 Å². The van der Waals surface area contributed by atoms with Gasteiger partial charge in [-0.1, -0.05) is 24.3 Å². The molecule has 1 heterocycles. The zero-order valence-corrected chi connectivity index (χ0v) is 14.0. The number of quaternary nitrogens is 1. The van der Waals surface area contributed by atoms with Crippen molar-refractivity contribution in [1.29, 1.82) is 0 Å². The number of fused-ring (bicyclic) bond motifs is 1. The molecule has 0 bridgehead atoms. The molecule has 2 aliphatic rings. The molecule has 1 aromatic rings. The Morgan fingerprint density at radius 1 is 1.30 bits per heavy atom. The van der Waals surface area contributed by atoms with Crippen molar-refractivity contribution in [3.63, 3.8) is 0 Å². The quantitative estimate of drug-likeness (QED) is 0.787. The molecule has 2 amide bonds. The second-order valence-corrected chi connectivity index (χ2v) is 6.87. The third-order valence-electron chi connectivity index (χ3n) is 4.93. The van der Waals surface area contributed by atoms with Crippen molar-refractivity contribution >= 4 is 11.8 Å². The highest BCUT2D eigenvalue weighted by Crippen LogP contribution is 2.19. The van der Waals surface area contributed by atoms with E-state index in [0.29, 0.717) is 19.1 Å². The van der Waals surface area contributed by atoms with Crippen LogP contribution in [-0.2, 0) is 22.6 Å². The maximum absolute atomic E-state index is 12.7. The topological polar surface area (TPSA) is 53.9 Å². The lowest BCUT2D eigenvalue weighted by atomic mass is 9.99. The number of carbonyl (C=O) groups excluding carboxylic acids is 2. The number of carbonyl (C=O) groups is 2. The first kappa shape index (κ1) is 16.0. The van der Waals surface area contributed by atoms with Gasteiger partial charge in [-0.05, 0) is 37.3 Å². The average molecular weight is 316 g/mol. The molecule has 1 aromatic carbocycles. The van der Waals surface area contributed by atoms with E-state index in [-0.39, 0.29) is 17.9 Å². The smallest absolute Gasteiger partial charge is 0.280 e. The van der Waals surface area contributed by atoms with Crippen LogP contribution >= 0.6 is 0 Å². The third kappa shape index (κ3) is 3.91. The van der Waals surface area contributed by atoms with Crippen LogP contribution in [0, 0.1) is 0 Å². The Bertz CT molecular complexity index is 598. The summed E-state index contributed by atoms with van der Waals surface area (Å²) in [6, 6.07) is 8.48. The van der Waals surface area contributed by atoms with Gasteiger partial charge < -0.3 is 15.1 Å². The van der Waals surface area contributed by atoms with Crippen molar-refractivity contribution in [2.75, 3.05) is 20.1 Å². The predicted octanol–water partition coefficient (Wildman–Crippen LogP) is -0.247. The lowest BCUT2D eigenvalue weighted by Crippen LogP contribution is -3.15. The highest BCUT2D eigenvalue weighted by Gasteiger charge is 2.31. The van der Waals surface area contributed by atoms with E-state index in [4.69, 9.17) is 0 Å². The average Bonchev–Trinajstić information content (AvgIpc) is 3.36. The van der Waals surface area contributed by atoms with E-state index < -0.39 is 0 Å². The van der Waals surface area contributed by atoms with Gasteiger partial charge in [-0.15, -0.1) is 0 Å². The number of likely N-dealkylation sites (N-methyl/N-ethyl adjacent to an activating group) is 1. The largest absolute Gasteiger partial charge is 0.348 e. The molecule has 0 aromatic heterocycles. The molecule has 1 saturated carbocycles. The molecule has 0 radical (unpaired) electrons. The molecule has 1 fully saturated rings. The Kier molecular flexibility index (Phi) is 4.66. The first-order valence-corrected chi connectivity index (χ1v) is 8.52. The first-order chi connectivity index (χ1) is 11.0. The van der Waals surface area contributed by atoms with Gasteiger partial charge in [0.05, 0.1) is 7.05 Å². The van der Waals surface area contributed by atoms with Crippen LogP contribution in [-0.4, -0.2) is 48.9 Å². The monoisotopic (exact) mass is 316 g/mol. The number of nitrogens with one attached hydrogen (secondary N) is 2.